The molecule has 2 aliphatic carbocycles. The van der Waals surface area contributed by atoms with Crippen LogP contribution in [0.5, 0.6) is 0 Å². The minimum absolute atomic E-state index is 0. The van der Waals surface area contributed by atoms with Crippen molar-refractivity contribution in [1.29, 1.82) is 5.41 Å². The van der Waals surface area contributed by atoms with E-state index in [-0.39, 0.29) is 18.4 Å². The van der Waals surface area contributed by atoms with E-state index in [2.05, 4.69) is 19.6 Å². The summed E-state index contributed by atoms with van der Waals surface area (Å²) in [5, 5.41) is 7.99. The highest BCUT2D eigenvalue weighted by molar-refractivity contribution is 7.80. The lowest BCUT2D eigenvalue weighted by molar-refractivity contribution is 0.627. The maximum Gasteiger partial charge on any atom is 0.123 e. The molecule has 2 aromatic rings. The molecule has 2 fully saturated rings. The van der Waals surface area contributed by atoms with Gasteiger partial charge in [-0.2, -0.15) is 0 Å². The van der Waals surface area contributed by atoms with Crippen LogP contribution in [0.1, 0.15) is 38.7 Å². The molecule has 0 bridgehead atoms. The number of benzene rings is 2. The topological polar surface area (TPSA) is 107 Å². The first kappa shape index (κ1) is 24.9. The Morgan fingerprint density at radius 3 is 2.34 bits per heavy atom. The van der Waals surface area contributed by atoms with Gasteiger partial charge in [0.1, 0.15) is 5.82 Å². The summed E-state index contributed by atoms with van der Waals surface area (Å²) in [5.74, 6) is 1.79. The number of nitrogens with two attached hydrogens (primary N) is 2. The van der Waals surface area contributed by atoms with Gasteiger partial charge in [0.2, 0.25) is 0 Å². The lowest BCUT2D eigenvalue weighted by Gasteiger charge is -2.06. The van der Waals surface area contributed by atoms with Gasteiger partial charge in [0.25, 0.3) is 0 Å². The van der Waals surface area contributed by atoms with Crippen molar-refractivity contribution in [2.75, 3.05) is 6.54 Å². The molecule has 0 aromatic heterocycles. The Balaban J connectivity index is 0.000000509. The number of nitrogens with one attached hydrogen (secondary N) is 1. The van der Waals surface area contributed by atoms with Crippen LogP contribution >= 0.6 is 12.6 Å². The molecule has 2 aromatic carbocycles. The number of hydrogen-bond donors (Lipinski definition) is 4. The molecule has 160 valence electrons. The molecule has 0 heterocycles. The lowest BCUT2D eigenvalue weighted by atomic mass is 10.0. The lowest BCUT2D eigenvalue weighted by Crippen LogP contribution is -2.02. The molecule has 0 spiro atoms. The number of hydrogen-bond acceptors (Lipinski definition) is 4. The van der Waals surface area contributed by atoms with Crippen molar-refractivity contribution in [2.24, 2.45) is 29.2 Å². The van der Waals surface area contributed by atoms with Gasteiger partial charge >= 0.3 is 0 Å². The molecule has 6 heteroatoms. The summed E-state index contributed by atoms with van der Waals surface area (Å²) in [5.41, 5.74) is 12.2. The van der Waals surface area contributed by atoms with Gasteiger partial charge in [0.05, 0.1) is 5.71 Å². The second-order valence-electron chi connectivity index (χ2n) is 7.18. The van der Waals surface area contributed by atoms with Crippen molar-refractivity contribution in [3.8, 4) is 0 Å². The van der Waals surface area contributed by atoms with Gasteiger partial charge in [-0.05, 0) is 48.7 Å². The van der Waals surface area contributed by atoms with E-state index >= 15 is 0 Å². The van der Waals surface area contributed by atoms with Gasteiger partial charge in [-0.3, -0.25) is 5.41 Å². The Labute approximate surface area is 179 Å². The fourth-order valence-electron chi connectivity index (χ4n) is 2.88. The van der Waals surface area contributed by atoms with Crippen LogP contribution in [0.15, 0.2) is 65.7 Å². The highest BCUT2D eigenvalue weighted by Gasteiger charge is 2.43. The molecule has 0 radical (unpaired) electrons. The Hall–Kier alpha value is -2.15. The number of halogens is 1. The van der Waals surface area contributed by atoms with E-state index in [1.165, 1.54) is 31.4 Å². The van der Waals surface area contributed by atoms with Crippen LogP contribution in [-0.4, -0.2) is 17.7 Å². The summed E-state index contributed by atoms with van der Waals surface area (Å²) in [6.45, 7) is 3.01. The number of thiol groups is 1. The van der Waals surface area contributed by atoms with Crippen molar-refractivity contribution in [3.05, 3.63) is 77.8 Å². The van der Waals surface area contributed by atoms with Crippen LogP contribution < -0.4 is 11.5 Å². The summed E-state index contributed by atoms with van der Waals surface area (Å²) in [4.78, 5) is 0.719. The molecular formula is C23H34FN3OS. The van der Waals surface area contributed by atoms with E-state index in [0.29, 0.717) is 23.0 Å². The monoisotopic (exact) mass is 419 g/mol. The molecule has 0 amide bonds. The average Bonchev–Trinajstić information content (AvgIpc) is 3.62. The molecule has 4 nitrogen and oxygen atoms in total. The summed E-state index contributed by atoms with van der Waals surface area (Å²) >= 11 is 4.28. The quantitative estimate of drug-likeness (QED) is 0.435. The Kier molecular flexibility index (Phi) is 10.7. The van der Waals surface area contributed by atoms with Gasteiger partial charge in [0.15, 0.2) is 0 Å². The standard InChI is InChI=1S/C13H10FNS.C7H14N2.C3H6.H2O.H2/c14-10-5-3-4-9(8-10)13(15)11-6-1-2-7-12(11)16;1-5-6(2-3-8)7(5)4-9;1-2-3-1;;/h1-8,15-16H;2-3,5-7H,4,8-9H2,1H3;1-3H2;1H2;1H/b;3-2-;;;. The van der Waals surface area contributed by atoms with E-state index in [1.54, 1.807) is 24.4 Å². The molecule has 3 unspecified atom stereocenters. The molecule has 0 saturated heterocycles. The predicted molar refractivity (Wildman–Crippen MR) is 124 cm³/mol. The zero-order valence-corrected chi connectivity index (χ0v) is 17.7. The van der Waals surface area contributed by atoms with E-state index in [9.17, 15) is 4.39 Å². The smallest absolute Gasteiger partial charge is 0.123 e. The van der Waals surface area contributed by atoms with Crippen LogP contribution in [-0.2, 0) is 0 Å². The molecule has 7 N–H and O–H groups in total. The highest BCUT2D eigenvalue weighted by Crippen LogP contribution is 2.45. The third kappa shape index (κ3) is 8.01. The minimum atomic E-state index is -0.334. The highest BCUT2D eigenvalue weighted by atomic mass is 32.1. The Morgan fingerprint density at radius 2 is 1.86 bits per heavy atom. The molecule has 3 atom stereocenters. The van der Waals surface area contributed by atoms with Gasteiger partial charge < -0.3 is 16.9 Å². The van der Waals surface area contributed by atoms with E-state index < -0.39 is 0 Å². The molecule has 29 heavy (non-hydrogen) atoms. The maximum atomic E-state index is 13.0. The van der Waals surface area contributed by atoms with Gasteiger partial charge in [-0.1, -0.05) is 62.6 Å². The average molecular weight is 420 g/mol. The first-order valence-corrected chi connectivity index (χ1v) is 10.2. The van der Waals surface area contributed by atoms with E-state index in [0.717, 1.165) is 17.4 Å². The Bertz CT molecular complexity index is 814. The first-order chi connectivity index (χ1) is 13.5. The van der Waals surface area contributed by atoms with Crippen LogP contribution in [0.25, 0.3) is 0 Å². The number of rotatable bonds is 4. The van der Waals surface area contributed by atoms with Crippen molar-refractivity contribution in [2.45, 2.75) is 31.1 Å². The normalized spacial score (nSPS) is 21.0. The fraction of sp³-hybridized carbons (Fsp3) is 0.348. The zero-order chi connectivity index (χ0) is 20.5. The first-order valence-electron chi connectivity index (χ1n) is 9.71. The summed E-state index contributed by atoms with van der Waals surface area (Å²) in [7, 11) is 0. The summed E-state index contributed by atoms with van der Waals surface area (Å²) in [6, 6.07) is 13.3. The van der Waals surface area contributed by atoms with E-state index in [4.69, 9.17) is 16.9 Å². The van der Waals surface area contributed by atoms with Gasteiger partial charge in [-0.15, -0.1) is 12.6 Å². The van der Waals surface area contributed by atoms with Crippen molar-refractivity contribution < 1.29 is 11.3 Å². The van der Waals surface area contributed by atoms with Crippen molar-refractivity contribution in [1.82, 2.24) is 0 Å². The fourth-order valence-corrected chi connectivity index (χ4v) is 3.15. The second kappa shape index (κ2) is 12.4. The van der Waals surface area contributed by atoms with Crippen LogP contribution in [0.2, 0.25) is 0 Å². The zero-order valence-electron chi connectivity index (χ0n) is 16.8. The number of allylic oxidation sites excluding steroid dienone is 1. The third-order valence-electron chi connectivity index (χ3n) is 4.88. The molecule has 0 aliphatic heterocycles. The van der Waals surface area contributed by atoms with E-state index in [1.807, 2.05) is 24.3 Å². The van der Waals surface area contributed by atoms with Crippen LogP contribution in [0, 0.1) is 29.0 Å². The third-order valence-corrected chi connectivity index (χ3v) is 5.27. The van der Waals surface area contributed by atoms with Crippen LogP contribution in [0.3, 0.4) is 0 Å². The van der Waals surface area contributed by atoms with Crippen molar-refractivity contribution in [3.63, 3.8) is 0 Å². The molecule has 2 saturated carbocycles. The maximum absolute atomic E-state index is 13.0. The minimum Gasteiger partial charge on any atom is -0.412 e. The summed E-state index contributed by atoms with van der Waals surface area (Å²) < 4.78 is 13.0. The van der Waals surface area contributed by atoms with Crippen molar-refractivity contribution >= 4 is 18.3 Å². The SMILES string of the molecule is C1CC1.CC1C(/C=C\N)C1CN.N=C(c1cccc(F)c1)c1ccccc1S.O.[HH]. The Morgan fingerprint density at radius 1 is 1.21 bits per heavy atom. The largest absolute Gasteiger partial charge is 0.412 e. The van der Waals surface area contributed by atoms with Gasteiger partial charge in [0, 0.05) is 17.4 Å². The molecular weight excluding hydrogens is 385 g/mol. The second-order valence-corrected chi connectivity index (χ2v) is 7.67. The summed E-state index contributed by atoms with van der Waals surface area (Å²) in [6.07, 6.45) is 8.17. The molecule has 2 aliphatic rings. The predicted octanol–water partition coefficient (Wildman–Crippen LogP) is 4.42. The molecule has 4 rings (SSSR count). The van der Waals surface area contributed by atoms with Crippen LogP contribution in [0.4, 0.5) is 4.39 Å². The van der Waals surface area contributed by atoms with Gasteiger partial charge in [-0.25, -0.2) is 4.39 Å².